The molecule has 1 heterocycles. The van der Waals surface area contributed by atoms with Gasteiger partial charge >= 0.3 is 0 Å². The maximum absolute atomic E-state index is 12.3. The fourth-order valence-corrected chi connectivity index (χ4v) is 2.65. The standard InChI is InChI=1S/C15H22N2O/c1-4-12-8-5-7-11(2)14(12)16-15(18)13-9-6-10-17(13)3/h5,7-8,13H,4,6,9-10H2,1-3H3,(H,16,18). The van der Waals surface area contributed by atoms with E-state index < -0.39 is 0 Å². The van der Waals surface area contributed by atoms with Crippen LogP contribution in [0.4, 0.5) is 5.69 Å². The maximum Gasteiger partial charge on any atom is 0.241 e. The van der Waals surface area contributed by atoms with Gasteiger partial charge in [0.2, 0.25) is 5.91 Å². The Bertz CT molecular complexity index is 442. The SMILES string of the molecule is CCc1cccc(C)c1NC(=O)C1CCCN1C. The van der Waals surface area contributed by atoms with Crippen LogP contribution < -0.4 is 5.32 Å². The molecule has 1 aliphatic heterocycles. The molecule has 1 aliphatic rings. The van der Waals surface area contributed by atoms with Gasteiger partial charge in [-0.3, -0.25) is 9.69 Å². The Labute approximate surface area is 109 Å². The molecule has 0 bridgehead atoms. The zero-order valence-corrected chi connectivity index (χ0v) is 11.5. The molecule has 1 aromatic carbocycles. The van der Waals surface area contributed by atoms with E-state index in [1.165, 1.54) is 5.56 Å². The molecule has 0 radical (unpaired) electrons. The van der Waals surface area contributed by atoms with Crippen LogP contribution in [0.15, 0.2) is 18.2 Å². The summed E-state index contributed by atoms with van der Waals surface area (Å²) < 4.78 is 0. The van der Waals surface area contributed by atoms with Crippen molar-refractivity contribution in [2.45, 2.75) is 39.2 Å². The van der Waals surface area contributed by atoms with E-state index in [-0.39, 0.29) is 11.9 Å². The summed E-state index contributed by atoms with van der Waals surface area (Å²) in [5, 5.41) is 3.12. The number of anilines is 1. The third-order valence-corrected chi connectivity index (χ3v) is 3.81. The number of carbonyl (C=O) groups is 1. The third kappa shape index (κ3) is 2.56. The predicted octanol–water partition coefficient (Wildman–Crippen LogP) is 2.59. The highest BCUT2D eigenvalue weighted by atomic mass is 16.2. The minimum absolute atomic E-state index is 0.0364. The predicted molar refractivity (Wildman–Crippen MR) is 74.8 cm³/mol. The Balaban J connectivity index is 2.16. The average molecular weight is 246 g/mol. The van der Waals surface area contributed by atoms with Crippen LogP contribution in [0.2, 0.25) is 0 Å². The Morgan fingerprint density at radius 1 is 1.50 bits per heavy atom. The first-order chi connectivity index (χ1) is 8.63. The minimum atomic E-state index is 0.0364. The van der Waals surface area contributed by atoms with E-state index in [0.717, 1.165) is 37.1 Å². The number of nitrogens with zero attached hydrogens (tertiary/aromatic N) is 1. The molecule has 1 saturated heterocycles. The van der Waals surface area contributed by atoms with Gasteiger partial charge in [-0.1, -0.05) is 25.1 Å². The summed E-state index contributed by atoms with van der Waals surface area (Å²) in [4.78, 5) is 14.4. The first kappa shape index (κ1) is 13.1. The molecule has 1 fully saturated rings. The fourth-order valence-electron chi connectivity index (χ4n) is 2.65. The first-order valence-corrected chi connectivity index (χ1v) is 6.73. The third-order valence-electron chi connectivity index (χ3n) is 3.81. The van der Waals surface area contributed by atoms with Gasteiger partial charge in [0.25, 0.3) is 0 Å². The maximum atomic E-state index is 12.3. The summed E-state index contributed by atoms with van der Waals surface area (Å²) in [6.45, 7) is 5.19. The van der Waals surface area contributed by atoms with Crippen LogP contribution in [0.3, 0.4) is 0 Å². The number of likely N-dealkylation sites (tertiary alicyclic amines) is 1. The van der Waals surface area contributed by atoms with Crippen molar-refractivity contribution in [3.63, 3.8) is 0 Å². The minimum Gasteiger partial charge on any atom is -0.324 e. The number of aryl methyl sites for hydroxylation is 2. The van der Waals surface area contributed by atoms with Crippen LogP contribution in [0.1, 0.15) is 30.9 Å². The zero-order valence-electron chi connectivity index (χ0n) is 11.5. The van der Waals surface area contributed by atoms with Gasteiger partial charge in [0.1, 0.15) is 0 Å². The van der Waals surface area contributed by atoms with Gasteiger partial charge in [-0.05, 0) is 50.9 Å². The van der Waals surface area contributed by atoms with E-state index >= 15 is 0 Å². The van der Waals surface area contributed by atoms with Crippen molar-refractivity contribution in [3.8, 4) is 0 Å². The number of benzene rings is 1. The van der Waals surface area contributed by atoms with Crippen molar-refractivity contribution in [2.75, 3.05) is 18.9 Å². The number of para-hydroxylation sites is 1. The quantitative estimate of drug-likeness (QED) is 0.889. The summed E-state index contributed by atoms with van der Waals surface area (Å²) in [6, 6.07) is 6.22. The highest BCUT2D eigenvalue weighted by molar-refractivity contribution is 5.96. The molecular weight excluding hydrogens is 224 g/mol. The Morgan fingerprint density at radius 2 is 2.28 bits per heavy atom. The van der Waals surface area contributed by atoms with Crippen molar-refractivity contribution >= 4 is 11.6 Å². The molecule has 0 spiro atoms. The number of likely N-dealkylation sites (N-methyl/N-ethyl adjacent to an activating group) is 1. The van der Waals surface area contributed by atoms with Crippen molar-refractivity contribution in [1.29, 1.82) is 0 Å². The molecule has 18 heavy (non-hydrogen) atoms. The number of carbonyl (C=O) groups excluding carboxylic acids is 1. The number of rotatable bonds is 3. The normalized spacial score (nSPS) is 20.1. The van der Waals surface area contributed by atoms with E-state index in [0.29, 0.717) is 0 Å². The monoisotopic (exact) mass is 246 g/mol. The van der Waals surface area contributed by atoms with Gasteiger partial charge in [0, 0.05) is 5.69 Å². The van der Waals surface area contributed by atoms with Gasteiger partial charge in [-0.2, -0.15) is 0 Å². The summed E-state index contributed by atoms with van der Waals surface area (Å²) in [6.07, 6.45) is 3.02. The summed E-state index contributed by atoms with van der Waals surface area (Å²) in [5.41, 5.74) is 3.36. The van der Waals surface area contributed by atoms with Crippen molar-refractivity contribution in [2.24, 2.45) is 0 Å². The Morgan fingerprint density at radius 3 is 2.89 bits per heavy atom. The molecule has 98 valence electrons. The molecule has 1 atom stereocenters. The van der Waals surface area contributed by atoms with E-state index in [1.807, 2.05) is 26.1 Å². The molecule has 3 heteroatoms. The largest absolute Gasteiger partial charge is 0.324 e. The molecule has 2 rings (SSSR count). The molecule has 1 amide bonds. The van der Waals surface area contributed by atoms with Crippen LogP contribution in [0.5, 0.6) is 0 Å². The van der Waals surface area contributed by atoms with Crippen molar-refractivity contribution < 1.29 is 4.79 Å². The van der Waals surface area contributed by atoms with E-state index in [4.69, 9.17) is 0 Å². The van der Waals surface area contributed by atoms with Crippen LogP contribution in [0, 0.1) is 6.92 Å². The first-order valence-electron chi connectivity index (χ1n) is 6.73. The molecule has 3 nitrogen and oxygen atoms in total. The average Bonchev–Trinajstić information content (AvgIpc) is 2.78. The van der Waals surface area contributed by atoms with Crippen LogP contribution in [-0.4, -0.2) is 30.4 Å². The lowest BCUT2D eigenvalue weighted by molar-refractivity contribution is -0.119. The van der Waals surface area contributed by atoms with Gasteiger partial charge in [-0.25, -0.2) is 0 Å². The van der Waals surface area contributed by atoms with Crippen molar-refractivity contribution in [3.05, 3.63) is 29.3 Å². The van der Waals surface area contributed by atoms with E-state index in [1.54, 1.807) is 0 Å². The Hall–Kier alpha value is -1.35. The second-order valence-corrected chi connectivity index (χ2v) is 5.09. The smallest absolute Gasteiger partial charge is 0.241 e. The van der Waals surface area contributed by atoms with Crippen LogP contribution >= 0.6 is 0 Å². The second-order valence-electron chi connectivity index (χ2n) is 5.09. The topological polar surface area (TPSA) is 32.3 Å². The molecule has 1 aromatic rings. The fraction of sp³-hybridized carbons (Fsp3) is 0.533. The molecule has 0 aliphatic carbocycles. The molecular formula is C15H22N2O. The Kier molecular flexibility index (Phi) is 4.02. The lowest BCUT2D eigenvalue weighted by atomic mass is 10.1. The number of amides is 1. The second kappa shape index (κ2) is 5.53. The lowest BCUT2D eigenvalue weighted by Crippen LogP contribution is -2.37. The van der Waals surface area contributed by atoms with Gasteiger partial charge in [0.05, 0.1) is 6.04 Å². The van der Waals surface area contributed by atoms with Crippen LogP contribution in [0.25, 0.3) is 0 Å². The number of nitrogens with one attached hydrogen (secondary N) is 1. The molecule has 1 unspecified atom stereocenters. The summed E-state index contributed by atoms with van der Waals surface area (Å²) >= 11 is 0. The zero-order chi connectivity index (χ0) is 13.1. The summed E-state index contributed by atoms with van der Waals surface area (Å²) in [7, 11) is 2.02. The van der Waals surface area contributed by atoms with Gasteiger partial charge in [-0.15, -0.1) is 0 Å². The van der Waals surface area contributed by atoms with Gasteiger partial charge < -0.3 is 5.32 Å². The highest BCUT2D eigenvalue weighted by Crippen LogP contribution is 2.23. The molecule has 0 saturated carbocycles. The highest BCUT2D eigenvalue weighted by Gasteiger charge is 2.28. The summed E-state index contributed by atoms with van der Waals surface area (Å²) in [5.74, 6) is 0.138. The van der Waals surface area contributed by atoms with Crippen molar-refractivity contribution in [1.82, 2.24) is 4.90 Å². The lowest BCUT2D eigenvalue weighted by Gasteiger charge is -2.20. The van der Waals surface area contributed by atoms with Crippen LogP contribution in [-0.2, 0) is 11.2 Å². The molecule has 0 aromatic heterocycles. The van der Waals surface area contributed by atoms with E-state index in [9.17, 15) is 4.79 Å². The molecule has 1 N–H and O–H groups in total. The van der Waals surface area contributed by atoms with Gasteiger partial charge in [0.15, 0.2) is 0 Å². The number of hydrogen-bond donors (Lipinski definition) is 1. The number of hydrogen-bond acceptors (Lipinski definition) is 2. The van der Waals surface area contributed by atoms with E-state index in [2.05, 4.69) is 23.2 Å².